The third-order valence-electron chi connectivity index (χ3n) is 7.32. The summed E-state index contributed by atoms with van der Waals surface area (Å²) in [5.74, 6) is -0.782. The fourth-order valence-corrected chi connectivity index (χ4v) is 5.05. The lowest BCUT2D eigenvalue weighted by molar-refractivity contribution is -0.354. The molecule has 0 aromatic heterocycles. The molecule has 0 saturated carbocycles. The molecule has 218 valence electrons. The van der Waals surface area contributed by atoms with Crippen LogP contribution >= 0.6 is 0 Å². The molecule has 2 aromatic carbocycles. The molecule has 11 atom stereocenters. The molecule has 2 aromatic rings. The van der Waals surface area contributed by atoms with Crippen molar-refractivity contribution in [3.05, 3.63) is 53.6 Å². The zero-order valence-electron chi connectivity index (χ0n) is 21.4. The van der Waals surface area contributed by atoms with Gasteiger partial charge in [0.25, 0.3) is 0 Å². The number of ether oxygens (including phenoxy) is 5. The lowest BCUT2D eigenvalue weighted by atomic mass is 9.95. The molecule has 5 rings (SSSR count). The number of hydrogen-bond donors (Lipinski definition) is 7. The predicted octanol–water partition coefficient (Wildman–Crippen LogP) is -0.871. The van der Waals surface area contributed by atoms with Crippen LogP contribution in [0.4, 0.5) is 0 Å². The summed E-state index contributed by atoms with van der Waals surface area (Å²) in [4.78, 5) is 12.8. The van der Waals surface area contributed by atoms with Gasteiger partial charge in [-0.1, -0.05) is 30.3 Å². The molecule has 3 aliphatic heterocycles. The van der Waals surface area contributed by atoms with Crippen LogP contribution in [0.2, 0.25) is 0 Å². The van der Waals surface area contributed by atoms with E-state index in [1.807, 2.05) is 6.07 Å². The number of aliphatic hydroxyl groups excluding tert-OH is 6. The van der Waals surface area contributed by atoms with E-state index in [0.717, 1.165) is 11.6 Å². The lowest BCUT2D eigenvalue weighted by Gasteiger charge is -2.45. The van der Waals surface area contributed by atoms with Crippen molar-refractivity contribution in [2.24, 2.45) is 0 Å². The van der Waals surface area contributed by atoms with Gasteiger partial charge in [-0.25, -0.2) is 0 Å². The number of phenolic OH excluding ortho intramolecular Hbond substituents is 1. The molecular weight excluding hydrogens is 532 g/mol. The second-order valence-electron chi connectivity index (χ2n) is 10.1. The number of carbonyl (C=O) groups excluding carboxylic acids is 1. The summed E-state index contributed by atoms with van der Waals surface area (Å²) in [7, 11) is 0. The first-order chi connectivity index (χ1) is 19.1. The Morgan fingerprint density at radius 1 is 0.900 bits per heavy atom. The first-order valence-corrected chi connectivity index (χ1v) is 12.8. The minimum atomic E-state index is -1.73. The zero-order valence-corrected chi connectivity index (χ0v) is 21.4. The van der Waals surface area contributed by atoms with E-state index in [-0.39, 0.29) is 29.3 Å². The Morgan fingerprint density at radius 3 is 2.33 bits per heavy atom. The average Bonchev–Trinajstić information content (AvgIpc) is 2.94. The first-order valence-electron chi connectivity index (χ1n) is 12.8. The second kappa shape index (κ2) is 11.6. The molecule has 0 bridgehead atoms. The first kappa shape index (κ1) is 28.7. The average molecular weight is 565 g/mol. The van der Waals surface area contributed by atoms with Crippen molar-refractivity contribution in [2.75, 3.05) is 6.61 Å². The third-order valence-corrected chi connectivity index (χ3v) is 7.32. The predicted molar refractivity (Wildman–Crippen MR) is 132 cm³/mol. The Hall–Kier alpha value is -2.85. The van der Waals surface area contributed by atoms with Gasteiger partial charge in [0.2, 0.25) is 6.29 Å². The Balaban J connectivity index is 1.41. The number of aromatic hydroxyl groups is 1. The lowest BCUT2D eigenvalue weighted by Crippen LogP contribution is -2.64. The van der Waals surface area contributed by atoms with Gasteiger partial charge in [0.05, 0.1) is 19.1 Å². The summed E-state index contributed by atoms with van der Waals surface area (Å²) in [6.45, 7) is 0.746. The molecule has 13 heteroatoms. The Morgan fingerprint density at radius 2 is 1.62 bits per heavy atom. The highest BCUT2D eigenvalue weighted by Crippen LogP contribution is 2.42. The van der Waals surface area contributed by atoms with Gasteiger partial charge in [0, 0.05) is 12.1 Å². The Kier molecular flexibility index (Phi) is 8.29. The number of rotatable bonds is 6. The minimum absolute atomic E-state index is 0.0113. The normalized spacial score (nSPS) is 37.9. The standard InChI is InChI=1S/C27H32O13/c1-11-20(31)22(33)24(35)26(36-11)40-25-23(34)21(32)18(10-28)39-27(25)37-13-7-14(29)19-15(30)9-16(38-17(19)8-13)12-5-3-2-4-6-12/h2-8,11,16,18,20-29,31-35H,9-10H2,1H3/t11-,16-,18+,20-,21+,22+,23-,24+,25+,26-,27+/m0/s1. The van der Waals surface area contributed by atoms with Crippen LogP contribution in [0.15, 0.2) is 42.5 Å². The van der Waals surface area contributed by atoms with Crippen molar-refractivity contribution in [2.45, 2.75) is 80.9 Å². The molecular formula is C27H32O13. The smallest absolute Gasteiger partial charge is 0.229 e. The molecule has 0 amide bonds. The van der Waals surface area contributed by atoms with Crippen LogP contribution < -0.4 is 9.47 Å². The Labute approximate surface area is 228 Å². The molecule has 0 aliphatic carbocycles. The minimum Gasteiger partial charge on any atom is -0.507 e. The van der Waals surface area contributed by atoms with E-state index in [2.05, 4.69) is 0 Å². The number of Topliss-reactive ketones (excluding diaryl/α,β-unsaturated/α-hetero) is 1. The van der Waals surface area contributed by atoms with E-state index in [1.54, 1.807) is 24.3 Å². The van der Waals surface area contributed by atoms with E-state index >= 15 is 0 Å². The van der Waals surface area contributed by atoms with Gasteiger partial charge in [-0.05, 0) is 12.5 Å². The van der Waals surface area contributed by atoms with Crippen LogP contribution in [-0.4, -0.2) is 110 Å². The quantitative estimate of drug-likeness (QED) is 0.228. The van der Waals surface area contributed by atoms with E-state index in [0.29, 0.717) is 0 Å². The van der Waals surface area contributed by atoms with Crippen LogP contribution in [0.25, 0.3) is 0 Å². The van der Waals surface area contributed by atoms with E-state index < -0.39 is 79.9 Å². The number of hydrogen-bond acceptors (Lipinski definition) is 13. The van der Waals surface area contributed by atoms with Crippen molar-refractivity contribution < 1.29 is 64.2 Å². The number of aliphatic hydroxyl groups is 6. The number of benzene rings is 2. The van der Waals surface area contributed by atoms with Crippen LogP contribution in [0, 0.1) is 0 Å². The van der Waals surface area contributed by atoms with Crippen molar-refractivity contribution in [3.63, 3.8) is 0 Å². The number of ketones is 1. The van der Waals surface area contributed by atoms with Gasteiger partial charge in [0.15, 0.2) is 18.2 Å². The maximum atomic E-state index is 12.8. The summed E-state index contributed by atoms with van der Waals surface area (Å²) in [5.41, 5.74) is 0.729. The molecule has 13 nitrogen and oxygen atoms in total. The van der Waals surface area contributed by atoms with Crippen molar-refractivity contribution in [3.8, 4) is 17.2 Å². The highest BCUT2D eigenvalue weighted by Gasteiger charge is 2.51. The van der Waals surface area contributed by atoms with Crippen LogP contribution in [0.5, 0.6) is 17.2 Å². The summed E-state index contributed by atoms with van der Waals surface area (Å²) in [6, 6.07) is 11.5. The molecule has 3 aliphatic rings. The number of phenols is 1. The summed E-state index contributed by atoms with van der Waals surface area (Å²) < 4.78 is 28.7. The molecule has 40 heavy (non-hydrogen) atoms. The monoisotopic (exact) mass is 564 g/mol. The van der Waals surface area contributed by atoms with Crippen molar-refractivity contribution in [1.82, 2.24) is 0 Å². The molecule has 2 fully saturated rings. The number of carbonyl (C=O) groups is 1. The topological polar surface area (TPSA) is 205 Å². The Bertz CT molecular complexity index is 1190. The fourth-order valence-electron chi connectivity index (χ4n) is 5.05. The highest BCUT2D eigenvalue weighted by atomic mass is 16.8. The fraction of sp³-hybridized carbons (Fsp3) is 0.519. The highest BCUT2D eigenvalue weighted by molar-refractivity contribution is 6.02. The summed E-state index contributed by atoms with van der Waals surface area (Å²) in [5, 5.41) is 72.1. The second-order valence-corrected chi connectivity index (χ2v) is 10.1. The maximum Gasteiger partial charge on any atom is 0.229 e. The van der Waals surface area contributed by atoms with Gasteiger partial charge in [-0.2, -0.15) is 0 Å². The zero-order chi connectivity index (χ0) is 28.7. The SMILES string of the molecule is C[C@@H]1O[C@@H](O[C@H]2[C@H](Oc3cc(O)c4c(c3)O[C@H](c3ccccc3)CC4=O)O[C@H](CO)[C@@H](O)[C@@H]2O)[C@H](O)[C@H](O)[C@H]1O. The van der Waals surface area contributed by atoms with Crippen LogP contribution in [0.1, 0.15) is 35.4 Å². The molecule has 2 saturated heterocycles. The van der Waals surface area contributed by atoms with E-state index in [9.17, 15) is 40.5 Å². The molecule has 3 heterocycles. The van der Waals surface area contributed by atoms with Gasteiger partial charge in [-0.3, -0.25) is 4.79 Å². The number of fused-ring (bicyclic) bond motifs is 1. The van der Waals surface area contributed by atoms with Gasteiger partial charge < -0.3 is 59.4 Å². The molecule has 0 unspecified atom stereocenters. The summed E-state index contributed by atoms with van der Waals surface area (Å²) in [6.07, 6.45) is -15.6. The van der Waals surface area contributed by atoms with Gasteiger partial charge >= 0.3 is 0 Å². The van der Waals surface area contributed by atoms with Crippen LogP contribution in [0.3, 0.4) is 0 Å². The van der Waals surface area contributed by atoms with Gasteiger partial charge in [0.1, 0.15) is 65.5 Å². The maximum absolute atomic E-state index is 12.8. The van der Waals surface area contributed by atoms with E-state index in [1.165, 1.54) is 13.0 Å². The molecule has 7 N–H and O–H groups in total. The van der Waals surface area contributed by atoms with E-state index in [4.69, 9.17) is 23.7 Å². The molecule has 0 spiro atoms. The molecule has 0 radical (unpaired) electrons. The largest absolute Gasteiger partial charge is 0.507 e. The van der Waals surface area contributed by atoms with Crippen molar-refractivity contribution >= 4 is 5.78 Å². The van der Waals surface area contributed by atoms with Crippen LogP contribution in [-0.2, 0) is 14.2 Å². The van der Waals surface area contributed by atoms with Crippen molar-refractivity contribution in [1.29, 1.82) is 0 Å². The summed E-state index contributed by atoms with van der Waals surface area (Å²) >= 11 is 0. The third kappa shape index (κ3) is 5.40. The van der Waals surface area contributed by atoms with Gasteiger partial charge in [-0.15, -0.1) is 0 Å².